The van der Waals surface area contributed by atoms with Crippen LogP contribution in [0.1, 0.15) is 12.0 Å². The van der Waals surface area contributed by atoms with Crippen LogP contribution in [0.4, 0.5) is 0 Å². The van der Waals surface area contributed by atoms with Crippen LogP contribution in [0.15, 0.2) is 18.2 Å². The first-order valence-corrected chi connectivity index (χ1v) is 8.70. The molecule has 1 unspecified atom stereocenters. The Labute approximate surface area is 160 Å². The Hall–Kier alpha value is -1.87. The summed E-state index contributed by atoms with van der Waals surface area (Å²) in [7, 11) is 7.72. The van der Waals surface area contributed by atoms with E-state index in [-0.39, 0.29) is 13.0 Å². The minimum Gasteiger partial charge on any atom is -0.496 e. The minimum atomic E-state index is -1.44. The second kappa shape index (κ2) is 11.8. The van der Waals surface area contributed by atoms with Crippen LogP contribution in [0.2, 0.25) is 0 Å². The summed E-state index contributed by atoms with van der Waals surface area (Å²) in [5, 5.41) is 10.4. The Kier molecular flexibility index (Phi) is 10.1. The highest BCUT2D eigenvalue weighted by molar-refractivity contribution is 5.83. The summed E-state index contributed by atoms with van der Waals surface area (Å²) in [5.74, 6) is -0.144. The van der Waals surface area contributed by atoms with Gasteiger partial charge in [-0.05, 0) is 12.1 Å². The lowest BCUT2D eigenvalue weighted by Gasteiger charge is -2.42. The molecule has 0 heterocycles. The zero-order chi connectivity index (χ0) is 20.3. The van der Waals surface area contributed by atoms with Crippen molar-refractivity contribution in [3.63, 3.8) is 0 Å². The van der Waals surface area contributed by atoms with E-state index >= 15 is 0 Å². The number of rotatable bonds is 14. The third-order valence-corrected chi connectivity index (χ3v) is 4.53. The van der Waals surface area contributed by atoms with Crippen LogP contribution in [-0.2, 0) is 24.5 Å². The maximum atomic E-state index is 12.7. The zero-order valence-electron chi connectivity index (χ0n) is 16.8. The molecule has 1 rings (SSSR count). The SMILES string of the molecule is COCCN(CCOC)C(CCOC)(C(=O)O)c1c(OC)cccc1OC. The minimum absolute atomic E-state index is 0.197. The molecule has 154 valence electrons. The molecular formula is C19H31NO7. The molecule has 1 aromatic carbocycles. The lowest BCUT2D eigenvalue weighted by Crippen LogP contribution is -2.55. The number of nitrogens with zero attached hydrogens (tertiary/aromatic N) is 1. The van der Waals surface area contributed by atoms with Gasteiger partial charge in [0.1, 0.15) is 11.5 Å². The molecule has 0 aliphatic carbocycles. The Bertz CT molecular complexity index is 551. The lowest BCUT2D eigenvalue weighted by molar-refractivity contribution is -0.155. The van der Waals surface area contributed by atoms with Crippen molar-refractivity contribution in [3.05, 3.63) is 23.8 Å². The molecule has 0 aliphatic heterocycles. The molecule has 0 saturated heterocycles. The summed E-state index contributed by atoms with van der Waals surface area (Å²) < 4.78 is 26.7. The first-order valence-electron chi connectivity index (χ1n) is 8.70. The Morgan fingerprint density at radius 3 is 1.78 bits per heavy atom. The van der Waals surface area contributed by atoms with Crippen molar-refractivity contribution in [3.8, 4) is 11.5 Å². The van der Waals surface area contributed by atoms with Crippen LogP contribution >= 0.6 is 0 Å². The summed E-state index contributed by atoms with van der Waals surface area (Å²) in [6.07, 6.45) is 0.197. The average Bonchev–Trinajstić information content (AvgIpc) is 2.69. The molecule has 0 amide bonds. The van der Waals surface area contributed by atoms with Crippen LogP contribution in [0.3, 0.4) is 0 Å². The Morgan fingerprint density at radius 1 is 0.926 bits per heavy atom. The van der Waals surface area contributed by atoms with Crippen LogP contribution in [0, 0.1) is 0 Å². The van der Waals surface area contributed by atoms with Crippen molar-refractivity contribution in [2.24, 2.45) is 0 Å². The summed E-state index contributed by atoms with van der Waals surface area (Å²) in [6.45, 7) is 1.74. The van der Waals surface area contributed by atoms with Gasteiger partial charge in [0.2, 0.25) is 0 Å². The Balaban J connectivity index is 3.68. The van der Waals surface area contributed by atoms with E-state index < -0.39 is 11.5 Å². The second-order valence-corrected chi connectivity index (χ2v) is 5.92. The summed E-state index contributed by atoms with van der Waals surface area (Å²) in [4.78, 5) is 14.6. The van der Waals surface area contributed by atoms with Crippen LogP contribution in [0.5, 0.6) is 11.5 Å². The standard InChI is InChI=1S/C19H31NO7/c1-23-12-9-19(18(21)22,20(10-13-24-2)11-14-25-3)17-15(26-4)7-6-8-16(17)27-5/h6-8H,9-14H2,1-5H3,(H,21,22). The molecule has 0 aromatic heterocycles. The predicted octanol–water partition coefficient (Wildman–Crippen LogP) is 1.62. The monoisotopic (exact) mass is 385 g/mol. The largest absolute Gasteiger partial charge is 0.496 e. The number of ether oxygens (including phenoxy) is 5. The number of hydrogen-bond donors (Lipinski definition) is 1. The molecule has 0 fully saturated rings. The van der Waals surface area contributed by atoms with Gasteiger partial charge < -0.3 is 28.8 Å². The van der Waals surface area contributed by atoms with Gasteiger partial charge in [0.25, 0.3) is 0 Å². The van der Waals surface area contributed by atoms with Crippen molar-refractivity contribution in [1.29, 1.82) is 0 Å². The number of carboxylic acids is 1. The molecule has 0 spiro atoms. The highest BCUT2D eigenvalue weighted by Gasteiger charge is 2.49. The first kappa shape index (κ1) is 23.2. The van der Waals surface area contributed by atoms with Crippen molar-refractivity contribution in [2.45, 2.75) is 12.0 Å². The van der Waals surface area contributed by atoms with Gasteiger partial charge in [-0.1, -0.05) is 6.07 Å². The number of carbonyl (C=O) groups is 1. The fourth-order valence-electron chi connectivity index (χ4n) is 3.20. The number of methoxy groups -OCH3 is 5. The molecular weight excluding hydrogens is 354 g/mol. The van der Waals surface area contributed by atoms with Gasteiger partial charge in [0, 0.05) is 47.4 Å². The van der Waals surface area contributed by atoms with E-state index in [4.69, 9.17) is 23.7 Å². The van der Waals surface area contributed by atoms with E-state index in [1.54, 1.807) is 39.5 Å². The maximum absolute atomic E-state index is 12.7. The van der Waals surface area contributed by atoms with Gasteiger partial charge in [-0.15, -0.1) is 0 Å². The fraction of sp³-hybridized carbons (Fsp3) is 0.632. The van der Waals surface area contributed by atoms with Crippen molar-refractivity contribution in [2.75, 3.05) is 68.5 Å². The van der Waals surface area contributed by atoms with Gasteiger partial charge >= 0.3 is 5.97 Å². The molecule has 0 bridgehead atoms. The second-order valence-electron chi connectivity index (χ2n) is 5.92. The van der Waals surface area contributed by atoms with Crippen LogP contribution < -0.4 is 9.47 Å². The lowest BCUT2D eigenvalue weighted by atomic mass is 9.83. The number of aliphatic carboxylic acids is 1. The highest BCUT2D eigenvalue weighted by Crippen LogP contribution is 2.44. The third kappa shape index (κ3) is 5.32. The van der Waals surface area contributed by atoms with Crippen LogP contribution in [0.25, 0.3) is 0 Å². The molecule has 8 nitrogen and oxygen atoms in total. The first-order chi connectivity index (χ1) is 13.0. The molecule has 1 aromatic rings. The topological polar surface area (TPSA) is 86.7 Å². The van der Waals surface area contributed by atoms with E-state index in [9.17, 15) is 9.90 Å². The molecule has 27 heavy (non-hydrogen) atoms. The fourth-order valence-corrected chi connectivity index (χ4v) is 3.20. The van der Waals surface area contributed by atoms with Gasteiger partial charge in [0.05, 0.1) is 33.0 Å². The van der Waals surface area contributed by atoms with Crippen molar-refractivity contribution < 1.29 is 33.6 Å². The molecule has 8 heteroatoms. The van der Waals surface area contributed by atoms with Gasteiger partial charge in [-0.25, -0.2) is 4.79 Å². The predicted molar refractivity (Wildman–Crippen MR) is 101 cm³/mol. The smallest absolute Gasteiger partial charge is 0.329 e. The van der Waals surface area contributed by atoms with E-state index in [0.717, 1.165) is 0 Å². The maximum Gasteiger partial charge on any atom is 0.329 e. The Morgan fingerprint density at radius 2 is 1.41 bits per heavy atom. The number of benzene rings is 1. The quantitative estimate of drug-likeness (QED) is 0.517. The molecule has 0 aliphatic rings. The summed E-state index contributed by atoms with van der Waals surface area (Å²) >= 11 is 0. The van der Waals surface area contributed by atoms with Crippen molar-refractivity contribution in [1.82, 2.24) is 4.90 Å². The zero-order valence-corrected chi connectivity index (χ0v) is 16.8. The van der Waals surface area contributed by atoms with Crippen LogP contribution in [-0.4, -0.2) is 84.4 Å². The van der Waals surface area contributed by atoms with E-state index in [1.807, 2.05) is 4.90 Å². The molecule has 0 saturated carbocycles. The van der Waals surface area contributed by atoms with Gasteiger partial charge in [-0.2, -0.15) is 0 Å². The van der Waals surface area contributed by atoms with E-state index in [1.165, 1.54) is 14.2 Å². The molecule has 1 atom stereocenters. The average molecular weight is 385 g/mol. The molecule has 0 radical (unpaired) electrons. The summed E-state index contributed by atoms with van der Waals surface area (Å²) in [5.41, 5.74) is -0.989. The van der Waals surface area contributed by atoms with E-state index in [2.05, 4.69) is 0 Å². The normalized spacial score (nSPS) is 13.4. The molecule has 1 N–H and O–H groups in total. The number of carboxylic acid groups (broad SMARTS) is 1. The van der Waals surface area contributed by atoms with E-state index in [0.29, 0.717) is 43.4 Å². The van der Waals surface area contributed by atoms with Gasteiger partial charge in [-0.3, -0.25) is 4.90 Å². The summed E-state index contributed by atoms with van der Waals surface area (Å²) in [6, 6.07) is 5.22. The number of hydrogen-bond acceptors (Lipinski definition) is 7. The van der Waals surface area contributed by atoms with Crippen molar-refractivity contribution >= 4 is 5.97 Å². The third-order valence-electron chi connectivity index (χ3n) is 4.53. The van der Waals surface area contributed by atoms with Gasteiger partial charge in [0.15, 0.2) is 5.54 Å². The highest BCUT2D eigenvalue weighted by atomic mass is 16.5.